The van der Waals surface area contributed by atoms with Crippen molar-refractivity contribution in [1.82, 2.24) is 20.6 Å². The molecule has 0 atom stereocenters. The molecule has 3 rings (SSSR count). The van der Waals surface area contributed by atoms with Crippen LogP contribution in [-0.4, -0.2) is 28.7 Å². The Bertz CT molecular complexity index is 1110. The molecule has 0 fully saturated rings. The Hall–Kier alpha value is -3.68. The second-order valence-electron chi connectivity index (χ2n) is 6.33. The van der Waals surface area contributed by atoms with Gasteiger partial charge in [0.1, 0.15) is 5.75 Å². The van der Waals surface area contributed by atoms with E-state index in [1.807, 2.05) is 24.3 Å². The van der Waals surface area contributed by atoms with Crippen LogP contribution in [0.25, 0.3) is 10.8 Å². The lowest BCUT2D eigenvalue weighted by Gasteiger charge is -2.11. The first-order chi connectivity index (χ1) is 14.0. The van der Waals surface area contributed by atoms with Gasteiger partial charge in [0.15, 0.2) is 5.69 Å². The van der Waals surface area contributed by atoms with Crippen LogP contribution in [0.15, 0.2) is 53.3 Å². The van der Waals surface area contributed by atoms with Gasteiger partial charge in [-0.1, -0.05) is 36.4 Å². The second-order valence-corrected chi connectivity index (χ2v) is 6.33. The number of amides is 2. The molecule has 0 aliphatic rings. The van der Waals surface area contributed by atoms with Gasteiger partial charge in [0, 0.05) is 18.4 Å². The molecule has 1 aromatic heterocycles. The van der Waals surface area contributed by atoms with Crippen LogP contribution in [0, 0.1) is 0 Å². The van der Waals surface area contributed by atoms with Crippen molar-refractivity contribution in [3.05, 3.63) is 70.1 Å². The van der Waals surface area contributed by atoms with Crippen LogP contribution in [0.2, 0.25) is 0 Å². The summed E-state index contributed by atoms with van der Waals surface area (Å²) in [5.41, 5.74) is 5.49. The van der Waals surface area contributed by atoms with E-state index in [0.29, 0.717) is 29.5 Å². The number of ether oxygens (including phenoxy) is 1. The zero-order valence-electron chi connectivity index (χ0n) is 16.3. The molecule has 0 spiro atoms. The van der Waals surface area contributed by atoms with Gasteiger partial charge in [-0.15, -0.1) is 0 Å². The molecular formula is C21H22N4O4. The fourth-order valence-electron chi connectivity index (χ4n) is 3.02. The number of nitrogens with one attached hydrogen (secondary N) is 2. The predicted molar refractivity (Wildman–Crippen MR) is 109 cm³/mol. The molecule has 0 unspecified atom stereocenters. The van der Waals surface area contributed by atoms with E-state index in [9.17, 15) is 14.4 Å². The first-order valence-electron chi connectivity index (χ1n) is 9.26. The maximum Gasteiger partial charge on any atom is 0.290 e. The summed E-state index contributed by atoms with van der Waals surface area (Å²) in [6.07, 6.45) is 0.636. The molecule has 0 bridgehead atoms. The van der Waals surface area contributed by atoms with Crippen LogP contribution in [0.4, 0.5) is 0 Å². The molecule has 8 nitrogen and oxygen atoms in total. The molecule has 1 heterocycles. The largest absolute Gasteiger partial charge is 0.496 e. The normalized spacial score (nSPS) is 10.6. The summed E-state index contributed by atoms with van der Waals surface area (Å²) in [6, 6.07) is 14.2. The summed E-state index contributed by atoms with van der Waals surface area (Å²) in [5, 5.41) is 4.97. The molecule has 150 valence electrons. The van der Waals surface area contributed by atoms with Crippen molar-refractivity contribution in [3.63, 3.8) is 0 Å². The Morgan fingerprint density at radius 2 is 1.72 bits per heavy atom. The second kappa shape index (κ2) is 9.01. The molecule has 2 amide bonds. The fraction of sp³-hybridized carbons (Fsp3) is 0.238. The predicted octanol–water partition coefficient (Wildman–Crippen LogP) is 1.82. The lowest BCUT2D eigenvalue weighted by Crippen LogP contribution is -2.42. The van der Waals surface area contributed by atoms with Gasteiger partial charge in [0.2, 0.25) is 5.91 Å². The van der Waals surface area contributed by atoms with Crippen LogP contribution in [0.5, 0.6) is 5.75 Å². The van der Waals surface area contributed by atoms with E-state index in [2.05, 4.69) is 16.0 Å². The lowest BCUT2D eigenvalue weighted by molar-refractivity contribution is -0.121. The SMILES string of the molecule is CCn1nc(C(=O)NNC(=O)CCc2ccccc2OC)c2ccccc2c1=O. The molecule has 0 aliphatic heterocycles. The van der Waals surface area contributed by atoms with Gasteiger partial charge in [-0.05, 0) is 31.0 Å². The highest BCUT2D eigenvalue weighted by Gasteiger charge is 2.17. The summed E-state index contributed by atoms with van der Waals surface area (Å²) in [4.78, 5) is 37.1. The van der Waals surface area contributed by atoms with Crippen LogP contribution in [-0.2, 0) is 17.8 Å². The topological polar surface area (TPSA) is 102 Å². The molecule has 2 N–H and O–H groups in total. The van der Waals surface area contributed by atoms with Crippen molar-refractivity contribution in [3.8, 4) is 5.75 Å². The fourth-order valence-corrected chi connectivity index (χ4v) is 3.02. The first kappa shape index (κ1) is 20.1. The van der Waals surface area contributed by atoms with Crippen molar-refractivity contribution < 1.29 is 14.3 Å². The van der Waals surface area contributed by atoms with E-state index in [-0.39, 0.29) is 23.6 Å². The van der Waals surface area contributed by atoms with Crippen molar-refractivity contribution in [2.75, 3.05) is 7.11 Å². The summed E-state index contributed by atoms with van der Waals surface area (Å²) in [5.74, 6) is -0.228. The quantitative estimate of drug-likeness (QED) is 0.621. The number of nitrogens with zero attached hydrogens (tertiary/aromatic N) is 2. The number of hydrogen-bond donors (Lipinski definition) is 2. The number of fused-ring (bicyclic) bond motifs is 1. The van der Waals surface area contributed by atoms with Gasteiger partial charge in [0.05, 0.1) is 12.5 Å². The molecule has 29 heavy (non-hydrogen) atoms. The zero-order valence-corrected chi connectivity index (χ0v) is 16.3. The highest BCUT2D eigenvalue weighted by Crippen LogP contribution is 2.18. The maximum absolute atomic E-state index is 12.6. The smallest absolute Gasteiger partial charge is 0.290 e. The first-order valence-corrected chi connectivity index (χ1v) is 9.26. The number of benzene rings is 2. The van der Waals surface area contributed by atoms with Crippen LogP contribution in [0.1, 0.15) is 29.4 Å². The Kier molecular flexibility index (Phi) is 6.23. The van der Waals surface area contributed by atoms with Gasteiger partial charge in [0.25, 0.3) is 11.5 Å². The number of carbonyl (C=O) groups excluding carboxylic acids is 2. The molecule has 8 heteroatoms. The van der Waals surface area contributed by atoms with Crippen LogP contribution < -0.4 is 21.1 Å². The third-order valence-corrected chi connectivity index (χ3v) is 4.51. The molecule has 0 radical (unpaired) electrons. The number of rotatable bonds is 6. The maximum atomic E-state index is 12.6. The van der Waals surface area contributed by atoms with E-state index < -0.39 is 5.91 Å². The third kappa shape index (κ3) is 4.43. The molecule has 2 aromatic carbocycles. The summed E-state index contributed by atoms with van der Waals surface area (Å²) >= 11 is 0. The van der Waals surface area contributed by atoms with Gasteiger partial charge in [-0.2, -0.15) is 5.10 Å². The minimum absolute atomic E-state index is 0.0760. The number of aryl methyl sites for hydroxylation is 2. The standard InChI is InChI=1S/C21H22N4O4/c1-3-25-21(28)16-10-6-5-9-15(16)19(24-25)20(27)23-22-18(26)13-12-14-8-4-7-11-17(14)29-2/h4-11H,3,12-13H2,1-2H3,(H,22,26)(H,23,27). The Labute approximate surface area is 167 Å². The Balaban J connectivity index is 1.69. The van der Waals surface area contributed by atoms with Gasteiger partial charge >= 0.3 is 0 Å². The monoisotopic (exact) mass is 394 g/mol. The molecule has 3 aromatic rings. The van der Waals surface area contributed by atoms with Crippen molar-refractivity contribution in [2.45, 2.75) is 26.3 Å². The number of aromatic nitrogens is 2. The van der Waals surface area contributed by atoms with E-state index in [1.165, 1.54) is 4.68 Å². The average Bonchev–Trinajstić information content (AvgIpc) is 2.76. The minimum Gasteiger partial charge on any atom is -0.496 e. The van der Waals surface area contributed by atoms with E-state index in [0.717, 1.165) is 5.56 Å². The summed E-state index contributed by atoms with van der Waals surface area (Å²) < 4.78 is 6.49. The van der Waals surface area contributed by atoms with E-state index >= 15 is 0 Å². The number of carbonyl (C=O) groups is 2. The molecule has 0 saturated carbocycles. The van der Waals surface area contributed by atoms with Gasteiger partial charge in [-0.3, -0.25) is 25.2 Å². The zero-order chi connectivity index (χ0) is 20.8. The molecular weight excluding hydrogens is 372 g/mol. The number of hydrogen-bond acceptors (Lipinski definition) is 5. The number of para-hydroxylation sites is 1. The van der Waals surface area contributed by atoms with E-state index in [1.54, 1.807) is 38.3 Å². The highest BCUT2D eigenvalue weighted by atomic mass is 16.5. The van der Waals surface area contributed by atoms with Crippen LogP contribution in [0.3, 0.4) is 0 Å². The highest BCUT2D eigenvalue weighted by molar-refractivity contribution is 6.05. The van der Waals surface area contributed by atoms with Gasteiger partial charge < -0.3 is 4.74 Å². The number of hydrazine groups is 1. The van der Waals surface area contributed by atoms with Crippen molar-refractivity contribution in [2.24, 2.45) is 0 Å². The third-order valence-electron chi connectivity index (χ3n) is 4.51. The van der Waals surface area contributed by atoms with Crippen LogP contribution >= 0.6 is 0 Å². The molecule has 0 aliphatic carbocycles. The van der Waals surface area contributed by atoms with Gasteiger partial charge in [-0.25, -0.2) is 4.68 Å². The van der Waals surface area contributed by atoms with Crippen molar-refractivity contribution in [1.29, 1.82) is 0 Å². The lowest BCUT2D eigenvalue weighted by atomic mass is 10.1. The Morgan fingerprint density at radius 3 is 2.45 bits per heavy atom. The minimum atomic E-state index is -0.589. The average molecular weight is 394 g/mol. The Morgan fingerprint density at radius 1 is 1.03 bits per heavy atom. The molecule has 0 saturated heterocycles. The van der Waals surface area contributed by atoms with E-state index in [4.69, 9.17) is 4.74 Å². The summed E-state index contributed by atoms with van der Waals surface area (Å²) in [7, 11) is 1.58. The van der Waals surface area contributed by atoms with Crippen molar-refractivity contribution >= 4 is 22.6 Å². The number of methoxy groups -OCH3 is 1. The summed E-state index contributed by atoms with van der Waals surface area (Å²) in [6.45, 7) is 2.10.